The molecule has 1 aromatic carbocycles. The number of pyridine rings is 2. The van der Waals surface area contributed by atoms with Crippen LogP contribution in [0.5, 0.6) is 0 Å². The van der Waals surface area contributed by atoms with Crippen LogP contribution < -0.4 is 16.0 Å². The van der Waals surface area contributed by atoms with Crippen molar-refractivity contribution in [1.29, 1.82) is 0 Å². The number of nitrogens with zero attached hydrogens (tertiary/aromatic N) is 2. The van der Waals surface area contributed by atoms with Crippen molar-refractivity contribution in [2.45, 2.75) is 38.5 Å². The zero-order chi connectivity index (χ0) is 20.0. The van der Waals surface area contributed by atoms with Gasteiger partial charge >= 0.3 is 0 Å². The molecule has 3 aromatic rings. The first-order valence-corrected chi connectivity index (χ1v) is 10.1. The van der Waals surface area contributed by atoms with Gasteiger partial charge in [0.2, 0.25) is 0 Å². The van der Waals surface area contributed by atoms with Crippen LogP contribution in [-0.4, -0.2) is 22.1 Å². The summed E-state index contributed by atoms with van der Waals surface area (Å²) in [6.07, 6.45) is 5.66. The van der Waals surface area contributed by atoms with Crippen LogP contribution in [0.4, 0.5) is 17.2 Å². The number of aliphatic hydroxyl groups is 1. The zero-order valence-corrected chi connectivity index (χ0v) is 16.7. The van der Waals surface area contributed by atoms with Gasteiger partial charge in [-0.3, -0.25) is 10.3 Å². The van der Waals surface area contributed by atoms with Crippen molar-refractivity contribution in [3.63, 3.8) is 0 Å². The lowest BCUT2D eigenvalue weighted by Crippen LogP contribution is -2.11. The quantitative estimate of drug-likeness (QED) is 0.525. The van der Waals surface area contributed by atoms with Crippen molar-refractivity contribution in [1.82, 2.24) is 15.3 Å². The Balaban J connectivity index is 1.43. The molecule has 3 heterocycles. The van der Waals surface area contributed by atoms with Gasteiger partial charge in [-0.1, -0.05) is 6.07 Å². The molecule has 1 aliphatic heterocycles. The van der Waals surface area contributed by atoms with Gasteiger partial charge in [-0.25, -0.2) is 4.98 Å². The first kappa shape index (κ1) is 18.1. The van der Waals surface area contributed by atoms with Crippen LogP contribution in [0.3, 0.4) is 0 Å². The third kappa shape index (κ3) is 3.34. The van der Waals surface area contributed by atoms with E-state index in [0.717, 1.165) is 45.0 Å². The van der Waals surface area contributed by atoms with E-state index in [1.165, 1.54) is 18.5 Å². The standard InChI is InChI=1S/C23H25N5O/c1-13-9-21(28-15-5-7-19(25-10-15)14-3-4-14)26-11-17(13)16-6-8-20(24-2)22-18(16)12-27-23(22)29/h5-11,14,23-24,27,29H,3-4,12H2,1-2H3,(H,26,28). The molecule has 0 radical (unpaired) electrons. The Morgan fingerprint density at radius 1 is 1.07 bits per heavy atom. The summed E-state index contributed by atoms with van der Waals surface area (Å²) in [5.41, 5.74) is 8.44. The van der Waals surface area contributed by atoms with E-state index in [0.29, 0.717) is 12.5 Å². The Hall–Kier alpha value is -2.96. The van der Waals surface area contributed by atoms with Gasteiger partial charge in [0.05, 0.1) is 11.9 Å². The van der Waals surface area contributed by atoms with Crippen LogP contribution in [0.2, 0.25) is 0 Å². The first-order valence-electron chi connectivity index (χ1n) is 10.1. The van der Waals surface area contributed by atoms with E-state index < -0.39 is 6.23 Å². The average molecular weight is 387 g/mol. The van der Waals surface area contributed by atoms with E-state index in [1.54, 1.807) is 0 Å². The van der Waals surface area contributed by atoms with Crippen molar-refractivity contribution >= 4 is 17.2 Å². The molecule has 0 saturated heterocycles. The minimum absolute atomic E-state index is 0.639. The zero-order valence-electron chi connectivity index (χ0n) is 16.7. The molecule has 148 valence electrons. The Kier molecular flexibility index (Phi) is 4.45. The molecule has 1 fully saturated rings. The largest absolute Gasteiger partial charge is 0.388 e. The van der Waals surface area contributed by atoms with Gasteiger partial charge in [0.1, 0.15) is 12.0 Å². The molecule has 4 N–H and O–H groups in total. The normalized spacial score (nSPS) is 17.8. The Morgan fingerprint density at radius 3 is 2.62 bits per heavy atom. The summed E-state index contributed by atoms with van der Waals surface area (Å²) in [6.45, 7) is 2.73. The van der Waals surface area contributed by atoms with Crippen molar-refractivity contribution in [2.24, 2.45) is 0 Å². The average Bonchev–Trinajstić information content (AvgIpc) is 3.51. The van der Waals surface area contributed by atoms with Gasteiger partial charge in [0.15, 0.2) is 0 Å². The summed E-state index contributed by atoms with van der Waals surface area (Å²) in [7, 11) is 1.87. The maximum absolute atomic E-state index is 10.3. The number of hydrogen-bond donors (Lipinski definition) is 4. The van der Waals surface area contributed by atoms with Crippen LogP contribution >= 0.6 is 0 Å². The number of hydrogen-bond acceptors (Lipinski definition) is 6. The van der Waals surface area contributed by atoms with Crippen molar-refractivity contribution in [3.8, 4) is 11.1 Å². The molecule has 5 rings (SSSR count). The fraction of sp³-hybridized carbons (Fsp3) is 0.304. The van der Waals surface area contributed by atoms with Gasteiger partial charge in [-0.2, -0.15) is 0 Å². The second-order valence-corrected chi connectivity index (χ2v) is 7.84. The van der Waals surface area contributed by atoms with Crippen LogP contribution in [0.15, 0.2) is 42.7 Å². The number of benzene rings is 1. The van der Waals surface area contributed by atoms with E-state index in [4.69, 9.17) is 0 Å². The molecule has 29 heavy (non-hydrogen) atoms. The Morgan fingerprint density at radius 2 is 1.93 bits per heavy atom. The molecule has 2 aromatic heterocycles. The summed E-state index contributed by atoms with van der Waals surface area (Å²) in [5, 5.41) is 20.0. The van der Waals surface area contributed by atoms with Gasteiger partial charge in [0.25, 0.3) is 0 Å². The van der Waals surface area contributed by atoms with Crippen LogP contribution in [0.1, 0.15) is 47.4 Å². The Bertz CT molecular complexity index is 1060. The first-order chi connectivity index (χ1) is 14.1. The minimum Gasteiger partial charge on any atom is -0.388 e. The monoisotopic (exact) mass is 387 g/mol. The Labute approximate surface area is 170 Å². The van der Waals surface area contributed by atoms with Crippen molar-refractivity contribution in [2.75, 3.05) is 17.7 Å². The number of rotatable bonds is 5. The molecule has 1 atom stereocenters. The van der Waals surface area contributed by atoms with E-state index in [1.807, 2.05) is 25.5 Å². The maximum atomic E-state index is 10.3. The maximum Gasteiger partial charge on any atom is 0.133 e. The number of anilines is 3. The van der Waals surface area contributed by atoms with E-state index in [9.17, 15) is 5.11 Å². The smallest absolute Gasteiger partial charge is 0.133 e. The van der Waals surface area contributed by atoms with Crippen LogP contribution in [0.25, 0.3) is 11.1 Å². The summed E-state index contributed by atoms with van der Waals surface area (Å²) in [5.74, 6) is 1.46. The van der Waals surface area contributed by atoms with Crippen molar-refractivity contribution < 1.29 is 5.11 Å². The second-order valence-electron chi connectivity index (χ2n) is 7.84. The second kappa shape index (κ2) is 7.13. The molecule has 2 aliphatic rings. The molecule has 0 amide bonds. The molecule has 6 nitrogen and oxygen atoms in total. The lowest BCUT2D eigenvalue weighted by molar-refractivity contribution is 0.152. The summed E-state index contributed by atoms with van der Waals surface area (Å²) in [4.78, 5) is 9.19. The molecule has 1 aliphatic carbocycles. The highest BCUT2D eigenvalue weighted by Gasteiger charge is 2.26. The van der Waals surface area contributed by atoms with Gasteiger partial charge in [0, 0.05) is 48.2 Å². The molecular weight excluding hydrogens is 362 g/mol. The minimum atomic E-state index is -0.646. The molecule has 1 saturated carbocycles. The number of aromatic nitrogens is 2. The van der Waals surface area contributed by atoms with E-state index in [2.05, 4.69) is 57.1 Å². The molecule has 0 spiro atoms. The highest BCUT2D eigenvalue weighted by molar-refractivity contribution is 5.77. The van der Waals surface area contributed by atoms with Gasteiger partial charge in [-0.15, -0.1) is 0 Å². The molecule has 1 unspecified atom stereocenters. The number of fused-ring (bicyclic) bond motifs is 1. The number of nitrogens with one attached hydrogen (secondary N) is 3. The predicted molar refractivity (Wildman–Crippen MR) is 115 cm³/mol. The van der Waals surface area contributed by atoms with Crippen LogP contribution in [-0.2, 0) is 6.54 Å². The molecular formula is C23H25N5O. The fourth-order valence-electron chi connectivity index (χ4n) is 4.09. The highest BCUT2D eigenvalue weighted by Crippen LogP contribution is 2.40. The predicted octanol–water partition coefficient (Wildman–Crippen LogP) is 4.21. The summed E-state index contributed by atoms with van der Waals surface area (Å²) >= 11 is 0. The van der Waals surface area contributed by atoms with Gasteiger partial charge in [-0.05, 0) is 60.7 Å². The third-order valence-electron chi connectivity index (χ3n) is 5.83. The fourth-order valence-corrected chi connectivity index (χ4v) is 4.09. The topological polar surface area (TPSA) is 82.1 Å². The summed E-state index contributed by atoms with van der Waals surface area (Å²) in [6, 6.07) is 10.3. The van der Waals surface area contributed by atoms with Gasteiger partial charge < -0.3 is 15.7 Å². The molecule has 0 bridgehead atoms. The van der Waals surface area contributed by atoms with Crippen LogP contribution in [0, 0.1) is 6.92 Å². The van der Waals surface area contributed by atoms with Crippen molar-refractivity contribution in [3.05, 3.63) is 65.1 Å². The SMILES string of the molecule is CNc1ccc(-c2cnc(Nc3ccc(C4CC4)nc3)cc2C)c2c1C(O)NC2. The third-order valence-corrected chi connectivity index (χ3v) is 5.83. The van der Waals surface area contributed by atoms with E-state index >= 15 is 0 Å². The summed E-state index contributed by atoms with van der Waals surface area (Å²) < 4.78 is 0. The lowest BCUT2D eigenvalue weighted by Gasteiger charge is -2.16. The lowest BCUT2D eigenvalue weighted by atomic mass is 9.94. The molecule has 6 heteroatoms. The van der Waals surface area contributed by atoms with E-state index in [-0.39, 0.29) is 0 Å². The highest BCUT2D eigenvalue weighted by atomic mass is 16.3. The number of aliphatic hydroxyl groups excluding tert-OH is 1. The number of aryl methyl sites for hydroxylation is 1.